The number of carbonyl (C=O) groups excluding carboxylic acids is 2. The molecular formula is C22H31BrO2. The van der Waals surface area contributed by atoms with E-state index < -0.39 is 0 Å². The lowest BCUT2D eigenvalue weighted by atomic mass is 9.46. The van der Waals surface area contributed by atoms with Crippen LogP contribution in [0.4, 0.5) is 0 Å². The van der Waals surface area contributed by atoms with Crippen LogP contribution in [0, 0.1) is 34.5 Å². The predicted molar refractivity (Wildman–Crippen MR) is 104 cm³/mol. The van der Waals surface area contributed by atoms with Gasteiger partial charge in [-0.15, -0.1) is 0 Å². The molecule has 0 N–H and O–H groups in total. The van der Waals surface area contributed by atoms with E-state index in [4.69, 9.17) is 0 Å². The first-order valence-corrected chi connectivity index (χ1v) is 10.9. The highest BCUT2D eigenvalue weighted by atomic mass is 79.9. The first-order valence-electron chi connectivity index (χ1n) is 10.1. The highest BCUT2D eigenvalue weighted by Gasteiger charge is 2.61. The Bertz CT molecular complexity index is 636. The Morgan fingerprint density at radius 2 is 1.88 bits per heavy atom. The number of rotatable bonds is 2. The van der Waals surface area contributed by atoms with Crippen LogP contribution >= 0.6 is 15.9 Å². The summed E-state index contributed by atoms with van der Waals surface area (Å²) in [6, 6.07) is 0. The van der Waals surface area contributed by atoms with Crippen LogP contribution in [0.5, 0.6) is 0 Å². The summed E-state index contributed by atoms with van der Waals surface area (Å²) < 4.78 is -0.385. The third-order valence-electron chi connectivity index (χ3n) is 8.87. The van der Waals surface area contributed by atoms with E-state index in [0.717, 1.165) is 43.3 Å². The predicted octanol–water partition coefficient (Wildman–Crippen LogP) is 5.49. The molecule has 3 saturated carbocycles. The molecule has 0 aromatic carbocycles. The smallest absolute Gasteiger partial charge is 0.155 e. The van der Waals surface area contributed by atoms with Gasteiger partial charge < -0.3 is 4.79 Å². The molecule has 0 aromatic rings. The summed E-state index contributed by atoms with van der Waals surface area (Å²) in [5, 5.41) is 0. The molecule has 7 atom stereocenters. The lowest BCUT2D eigenvalue weighted by Crippen LogP contribution is -2.52. The molecule has 4 aliphatic rings. The SMILES string of the molecule is C[C@]12CC[C@@H]3[C@H](CCC4=CC(=O)CC[C@@]43C)[C@H]1CC[C@H]2[C@](C)(Br)C=O. The van der Waals surface area contributed by atoms with E-state index in [1.54, 1.807) is 0 Å². The van der Waals surface area contributed by atoms with Crippen molar-refractivity contribution in [1.82, 2.24) is 0 Å². The molecule has 4 rings (SSSR count). The van der Waals surface area contributed by atoms with Gasteiger partial charge in [0.2, 0.25) is 0 Å². The third-order valence-corrected chi connectivity index (χ3v) is 9.61. The van der Waals surface area contributed by atoms with Crippen molar-refractivity contribution >= 4 is 28.0 Å². The highest BCUT2D eigenvalue weighted by Crippen LogP contribution is 2.68. The van der Waals surface area contributed by atoms with Gasteiger partial charge in [0.25, 0.3) is 0 Å². The second-order valence-corrected chi connectivity index (χ2v) is 11.6. The summed E-state index contributed by atoms with van der Waals surface area (Å²) in [5.74, 6) is 3.03. The van der Waals surface area contributed by atoms with Gasteiger partial charge in [0.15, 0.2) is 5.78 Å². The van der Waals surface area contributed by atoms with Crippen LogP contribution in [0.25, 0.3) is 0 Å². The van der Waals surface area contributed by atoms with Gasteiger partial charge >= 0.3 is 0 Å². The molecule has 138 valence electrons. The molecule has 0 radical (unpaired) electrons. The van der Waals surface area contributed by atoms with Crippen molar-refractivity contribution in [3.63, 3.8) is 0 Å². The summed E-state index contributed by atoms with van der Waals surface area (Å²) in [7, 11) is 0. The van der Waals surface area contributed by atoms with Gasteiger partial charge in [0, 0.05) is 6.42 Å². The molecule has 3 fully saturated rings. The zero-order chi connectivity index (χ0) is 18.0. The Hall–Kier alpha value is -0.440. The van der Waals surface area contributed by atoms with Gasteiger partial charge in [-0.3, -0.25) is 4.79 Å². The van der Waals surface area contributed by atoms with Crippen molar-refractivity contribution in [1.29, 1.82) is 0 Å². The average molecular weight is 407 g/mol. The first kappa shape index (κ1) is 17.9. The zero-order valence-corrected chi connectivity index (χ0v) is 17.4. The van der Waals surface area contributed by atoms with E-state index in [-0.39, 0.29) is 15.2 Å². The first-order chi connectivity index (χ1) is 11.7. The van der Waals surface area contributed by atoms with Crippen molar-refractivity contribution < 1.29 is 9.59 Å². The summed E-state index contributed by atoms with van der Waals surface area (Å²) >= 11 is 3.75. The summed E-state index contributed by atoms with van der Waals surface area (Å²) in [6.45, 7) is 6.98. The van der Waals surface area contributed by atoms with Crippen molar-refractivity contribution in [2.24, 2.45) is 34.5 Å². The lowest BCUT2D eigenvalue weighted by Gasteiger charge is -2.58. The maximum absolute atomic E-state index is 11.9. The summed E-state index contributed by atoms with van der Waals surface area (Å²) in [4.78, 5) is 23.6. The fraction of sp³-hybridized carbons (Fsp3) is 0.818. The fourth-order valence-corrected chi connectivity index (χ4v) is 8.32. The van der Waals surface area contributed by atoms with Crippen LogP contribution in [0.1, 0.15) is 72.1 Å². The number of alkyl halides is 1. The van der Waals surface area contributed by atoms with E-state index in [1.807, 2.05) is 6.08 Å². The minimum absolute atomic E-state index is 0.249. The Kier molecular flexibility index (Phi) is 4.15. The summed E-state index contributed by atoms with van der Waals surface area (Å²) in [5.41, 5.74) is 1.97. The van der Waals surface area contributed by atoms with E-state index in [9.17, 15) is 9.59 Å². The van der Waals surface area contributed by atoms with Gasteiger partial charge in [-0.1, -0.05) is 35.4 Å². The number of allylic oxidation sites excluding steroid dienone is 1. The molecule has 0 aliphatic heterocycles. The van der Waals surface area contributed by atoms with Crippen molar-refractivity contribution in [3.8, 4) is 0 Å². The van der Waals surface area contributed by atoms with Crippen LogP contribution in [0.15, 0.2) is 11.6 Å². The Morgan fingerprint density at radius 3 is 2.60 bits per heavy atom. The molecule has 0 heterocycles. The van der Waals surface area contributed by atoms with Gasteiger partial charge in [0.1, 0.15) is 6.29 Å². The van der Waals surface area contributed by atoms with Crippen LogP contribution in [0.2, 0.25) is 0 Å². The molecule has 0 bridgehead atoms. The third kappa shape index (κ3) is 2.47. The van der Waals surface area contributed by atoms with Crippen LogP contribution in [-0.4, -0.2) is 16.4 Å². The number of fused-ring (bicyclic) bond motifs is 5. The maximum Gasteiger partial charge on any atom is 0.155 e. The number of hydrogen-bond acceptors (Lipinski definition) is 2. The zero-order valence-electron chi connectivity index (χ0n) is 15.8. The second-order valence-electron chi connectivity index (χ2n) is 9.91. The molecule has 0 aromatic heterocycles. The van der Waals surface area contributed by atoms with E-state index in [0.29, 0.717) is 11.7 Å². The van der Waals surface area contributed by atoms with Crippen LogP contribution < -0.4 is 0 Å². The Balaban J connectivity index is 1.66. The maximum atomic E-state index is 11.9. The normalized spacial score (nSPS) is 48.6. The second kappa shape index (κ2) is 5.78. The Morgan fingerprint density at radius 1 is 1.12 bits per heavy atom. The quantitative estimate of drug-likeness (QED) is 0.448. The molecule has 0 spiro atoms. The molecule has 3 heteroatoms. The molecule has 4 aliphatic carbocycles. The van der Waals surface area contributed by atoms with Crippen molar-refractivity contribution in [2.45, 2.75) is 76.5 Å². The largest absolute Gasteiger partial charge is 0.302 e. The summed E-state index contributed by atoms with van der Waals surface area (Å²) in [6.07, 6.45) is 12.2. The van der Waals surface area contributed by atoms with Gasteiger partial charge in [-0.2, -0.15) is 0 Å². The van der Waals surface area contributed by atoms with Gasteiger partial charge in [-0.25, -0.2) is 0 Å². The van der Waals surface area contributed by atoms with Gasteiger partial charge in [-0.05, 0) is 92.4 Å². The number of hydrogen-bond donors (Lipinski definition) is 0. The van der Waals surface area contributed by atoms with E-state index >= 15 is 0 Å². The minimum atomic E-state index is -0.385. The van der Waals surface area contributed by atoms with Crippen molar-refractivity contribution in [2.75, 3.05) is 0 Å². The van der Waals surface area contributed by atoms with Crippen LogP contribution in [-0.2, 0) is 9.59 Å². The number of carbonyl (C=O) groups is 2. The molecular weight excluding hydrogens is 376 g/mol. The van der Waals surface area contributed by atoms with E-state index in [1.165, 1.54) is 37.7 Å². The van der Waals surface area contributed by atoms with Gasteiger partial charge in [0.05, 0.1) is 4.32 Å². The number of ketones is 1. The standard InChI is InChI=1S/C22H31BrO2/c1-20-10-8-15(25)12-14(20)4-5-16-17-6-7-19(22(3,23)13-24)21(17,2)11-9-18(16)20/h12-13,16-19H,4-11H2,1-3H3/t16-,17-,18-,19-,20+,21+,22-/m1/s1. The number of halogens is 1. The molecule has 0 unspecified atom stereocenters. The average Bonchev–Trinajstić information content (AvgIpc) is 2.93. The number of aldehydes is 1. The minimum Gasteiger partial charge on any atom is -0.302 e. The molecule has 2 nitrogen and oxygen atoms in total. The van der Waals surface area contributed by atoms with Crippen molar-refractivity contribution in [3.05, 3.63) is 11.6 Å². The van der Waals surface area contributed by atoms with E-state index in [2.05, 4.69) is 36.7 Å². The lowest BCUT2D eigenvalue weighted by molar-refractivity contribution is -0.117. The fourth-order valence-electron chi connectivity index (χ4n) is 7.57. The monoisotopic (exact) mass is 406 g/mol. The molecule has 0 saturated heterocycles. The molecule has 25 heavy (non-hydrogen) atoms. The van der Waals surface area contributed by atoms with Crippen LogP contribution in [0.3, 0.4) is 0 Å². The Labute approximate surface area is 160 Å². The highest BCUT2D eigenvalue weighted by molar-refractivity contribution is 9.10. The topological polar surface area (TPSA) is 34.1 Å². The molecule has 0 amide bonds.